The maximum absolute atomic E-state index is 11.0. The standard InChI is InChI=1S/C7H13NO4S/c1-6(2)7(9)13(10,11)12-5-3-4-8/h1,3-5,8H2,2H3. The highest BCUT2D eigenvalue weighted by Crippen LogP contribution is 2.03. The first-order valence-electron chi connectivity index (χ1n) is 3.71. The smallest absolute Gasteiger partial charge is 0.330 e. The van der Waals surface area contributed by atoms with Gasteiger partial charge >= 0.3 is 10.1 Å². The van der Waals surface area contributed by atoms with E-state index in [0.717, 1.165) is 0 Å². The number of nitrogens with two attached hydrogens (primary N) is 1. The normalized spacial score (nSPS) is 11.2. The molecular weight excluding hydrogens is 194 g/mol. The molecule has 0 aromatic carbocycles. The van der Waals surface area contributed by atoms with Crippen LogP contribution in [0.1, 0.15) is 13.3 Å². The van der Waals surface area contributed by atoms with Gasteiger partial charge in [-0.05, 0) is 19.9 Å². The predicted octanol–water partition coefficient (Wildman–Crippen LogP) is -0.216. The van der Waals surface area contributed by atoms with Crippen LogP contribution in [-0.4, -0.2) is 26.7 Å². The zero-order valence-corrected chi connectivity index (χ0v) is 8.26. The van der Waals surface area contributed by atoms with Gasteiger partial charge in [-0.15, -0.1) is 0 Å². The van der Waals surface area contributed by atoms with Crippen molar-refractivity contribution in [2.45, 2.75) is 13.3 Å². The summed E-state index contributed by atoms with van der Waals surface area (Å²) in [7, 11) is -4.13. The summed E-state index contributed by atoms with van der Waals surface area (Å²) in [6, 6.07) is 0. The molecule has 0 atom stereocenters. The van der Waals surface area contributed by atoms with Crippen LogP contribution in [0.5, 0.6) is 0 Å². The second-order valence-corrected chi connectivity index (χ2v) is 4.00. The van der Waals surface area contributed by atoms with Crippen LogP contribution in [0, 0.1) is 0 Å². The molecule has 0 aromatic rings. The molecule has 0 radical (unpaired) electrons. The highest BCUT2D eigenvalue weighted by atomic mass is 32.2. The largest absolute Gasteiger partial charge is 0.335 e. The molecular formula is C7H13NO4S. The Kier molecular flexibility index (Phi) is 4.82. The fourth-order valence-corrected chi connectivity index (χ4v) is 1.39. The molecule has 0 saturated carbocycles. The highest BCUT2D eigenvalue weighted by molar-refractivity contribution is 8.02. The van der Waals surface area contributed by atoms with Gasteiger partial charge in [-0.25, -0.2) is 0 Å². The number of carbonyl (C=O) groups is 1. The lowest BCUT2D eigenvalue weighted by atomic mass is 10.4. The highest BCUT2D eigenvalue weighted by Gasteiger charge is 2.23. The Bertz CT molecular complexity index is 294. The van der Waals surface area contributed by atoms with Crippen molar-refractivity contribution >= 4 is 15.2 Å². The van der Waals surface area contributed by atoms with E-state index in [-0.39, 0.29) is 12.2 Å². The lowest BCUT2D eigenvalue weighted by Crippen LogP contribution is -2.19. The Morgan fingerprint density at radius 2 is 2.08 bits per heavy atom. The van der Waals surface area contributed by atoms with Crippen LogP contribution in [0.15, 0.2) is 12.2 Å². The molecule has 13 heavy (non-hydrogen) atoms. The number of rotatable bonds is 5. The average Bonchev–Trinajstić information content (AvgIpc) is 2.03. The SMILES string of the molecule is C=C(C)C(=O)S(=O)(=O)OCCCN. The first-order valence-corrected chi connectivity index (χ1v) is 5.12. The Morgan fingerprint density at radius 1 is 1.54 bits per heavy atom. The van der Waals surface area contributed by atoms with Crippen molar-refractivity contribution in [3.05, 3.63) is 12.2 Å². The maximum atomic E-state index is 11.0. The second-order valence-electron chi connectivity index (χ2n) is 2.49. The minimum absolute atomic E-state index is 0.0623. The van der Waals surface area contributed by atoms with E-state index in [0.29, 0.717) is 13.0 Å². The molecule has 2 N–H and O–H groups in total. The Labute approximate surface area is 77.7 Å². The molecule has 0 amide bonds. The summed E-state index contributed by atoms with van der Waals surface area (Å²) in [6.45, 7) is 4.77. The Balaban J connectivity index is 4.25. The fraction of sp³-hybridized carbons (Fsp3) is 0.571. The topological polar surface area (TPSA) is 86.5 Å². The summed E-state index contributed by atoms with van der Waals surface area (Å²) in [5.74, 6) is 0. The molecule has 5 nitrogen and oxygen atoms in total. The molecule has 0 aliphatic heterocycles. The van der Waals surface area contributed by atoms with Gasteiger partial charge in [0.25, 0.3) is 5.12 Å². The number of hydrogen-bond acceptors (Lipinski definition) is 5. The molecule has 0 bridgehead atoms. The zero-order valence-electron chi connectivity index (χ0n) is 7.45. The minimum atomic E-state index is -4.13. The van der Waals surface area contributed by atoms with Gasteiger partial charge in [0, 0.05) is 5.57 Å². The first-order chi connectivity index (χ1) is 5.91. The first kappa shape index (κ1) is 12.3. The zero-order chi connectivity index (χ0) is 10.5. The lowest BCUT2D eigenvalue weighted by molar-refractivity contribution is -0.109. The van der Waals surface area contributed by atoms with E-state index >= 15 is 0 Å². The van der Waals surface area contributed by atoms with Crippen LogP contribution in [-0.2, 0) is 19.1 Å². The summed E-state index contributed by atoms with van der Waals surface area (Å²) in [5.41, 5.74) is 5.05. The van der Waals surface area contributed by atoms with Gasteiger partial charge in [0.2, 0.25) is 0 Å². The lowest BCUT2D eigenvalue weighted by Gasteiger charge is -2.02. The summed E-state index contributed by atoms with van der Waals surface area (Å²) < 4.78 is 26.3. The molecule has 76 valence electrons. The van der Waals surface area contributed by atoms with Gasteiger partial charge in [0.05, 0.1) is 6.61 Å². The van der Waals surface area contributed by atoms with Gasteiger partial charge in [-0.3, -0.25) is 8.98 Å². The quantitative estimate of drug-likeness (QED) is 0.383. The summed E-state index contributed by atoms with van der Waals surface area (Å²) in [6.07, 6.45) is 0.392. The molecule has 6 heteroatoms. The minimum Gasteiger partial charge on any atom is -0.330 e. The summed E-state index contributed by atoms with van der Waals surface area (Å²) in [4.78, 5) is 10.9. The third-order valence-electron chi connectivity index (χ3n) is 1.16. The summed E-state index contributed by atoms with van der Waals surface area (Å²) >= 11 is 0. The van der Waals surface area contributed by atoms with Crippen molar-refractivity contribution < 1.29 is 17.4 Å². The van der Waals surface area contributed by atoms with E-state index in [9.17, 15) is 13.2 Å². The monoisotopic (exact) mass is 207 g/mol. The molecule has 0 unspecified atom stereocenters. The van der Waals surface area contributed by atoms with Crippen LogP contribution in [0.2, 0.25) is 0 Å². The van der Waals surface area contributed by atoms with Crippen molar-refractivity contribution in [1.82, 2.24) is 0 Å². The Morgan fingerprint density at radius 3 is 2.46 bits per heavy atom. The molecule has 0 aliphatic carbocycles. The molecule has 0 saturated heterocycles. The van der Waals surface area contributed by atoms with Gasteiger partial charge < -0.3 is 5.73 Å². The van der Waals surface area contributed by atoms with E-state index in [1.54, 1.807) is 0 Å². The van der Waals surface area contributed by atoms with Crippen molar-refractivity contribution in [2.75, 3.05) is 13.2 Å². The molecule has 0 aliphatic rings. The maximum Gasteiger partial charge on any atom is 0.335 e. The molecule has 0 aromatic heterocycles. The number of carbonyl (C=O) groups excluding carboxylic acids is 1. The van der Waals surface area contributed by atoms with Gasteiger partial charge in [-0.1, -0.05) is 6.58 Å². The van der Waals surface area contributed by atoms with Crippen LogP contribution in [0.3, 0.4) is 0 Å². The van der Waals surface area contributed by atoms with Gasteiger partial charge in [0.1, 0.15) is 0 Å². The van der Waals surface area contributed by atoms with Crippen LogP contribution in [0.4, 0.5) is 0 Å². The molecule has 0 rings (SSSR count). The summed E-state index contributed by atoms with van der Waals surface area (Å²) in [5, 5.41) is -1.08. The third kappa shape index (κ3) is 4.16. The van der Waals surface area contributed by atoms with Crippen LogP contribution >= 0.6 is 0 Å². The fourth-order valence-electron chi connectivity index (χ4n) is 0.519. The van der Waals surface area contributed by atoms with Crippen LogP contribution < -0.4 is 5.73 Å². The average molecular weight is 207 g/mol. The molecule has 0 heterocycles. The van der Waals surface area contributed by atoms with Gasteiger partial charge in [-0.2, -0.15) is 8.42 Å². The van der Waals surface area contributed by atoms with E-state index in [1.165, 1.54) is 6.92 Å². The van der Waals surface area contributed by atoms with Gasteiger partial charge in [0.15, 0.2) is 0 Å². The predicted molar refractivity (Wildman–Crippen MR) is 48.4 cm³/mol. The van der Waals surface area contributed by atoms with Crippen molar-refractivity contribution in [3.8, 4) is 0 Å². The third-order valence-corrected chi connectivity index (χ3v) is 2.44. The van der Waals surface area contributed by atoms with E-state index in [1.807, 2.05) is 0 Å². The number of hydrogen-bond donors (Lipinski definition) is 1. The molecule has 0 spiro atoms. The van der Waals surface area contributed by atoms with Crippen LogP contribution in [0.25, 0.3) is 0 Å². The Hall–Kier alpha value is -0.720. The molecule has 0 fully saturated rings. The van der Waals surface area contributed by atoms with Crippen molar-refractivity contribution in [2.24, 2.45) is 5.73 Å². The van der Waals surface area contributed by atoms with E-state index < -0.39 is 15.2 Å². The van der Waals surface area contributed by atoms with Crippen molar-refractivity contribution in [3.63, 3.8) is 0 Å². The van der Waals surface area contributed by atoms with E-state index in [4.69, 9.17) is 5.73 Å². The van der Waals surface area contributed by atoms with Crippen molar-refractivity contribution in [1.29, 1.82) is 0 Å². The van der Waals surface area contributed by atoms with E-state index in [2.05, 4.69) is 10.8 Å². The second kappa shape index (κ2) is 5.11.